The van der Waals surface area contributed by atoms with Gasteiger partial charge in [0, 0.05) is 7.05 Å². The number of allylic oxidation sites excluding steroid dienone is 1. The van der Waals surface area contributed by atoms with E-state index in [9.17, 15) is 0 Å². The molecule has 0 saturated heterocycles. The summed E-state index contributed by atoms with van der Waals surface area (Å²) in [5.41, 5.74) is 9.43. The third kappa shape index (κ3) is 2.45. The molecule has 2 N–H and O–H groups in total. The molecule has 0 amide bonds. The van der Waals surface area contributed by atoms with Crippen LogP contribution in [0.25, 0.3) is 0 Å². The summed E-state index contributed by atoms with van der Waals surface area (Å²) in [4.78, 5) is 0. The van der Waals surface area contributed by atoms with Crippen LogP contribution < -0.4 is 5.73 Å². The Labute approximate surface area is 85.6 Å². The molecular formula is C11H19N3. The van der Waals surface area contributed by atoms with E-state index in [2.05, 4.69) is 38.0 Å². The second-order valence-electron chi connectivity index (χ2n) is 3.81. The lowest BCUT2D eigenvalue weighted by molar-refractivity contribution is 0.672. The Kier molecular flexibility index (Phi) is 3.47. The van der Waals surface area contributed by atoms with Gasteiger partial charge in [0.15, 0.2) is 0 Å². The maximum absolute atomic E-state index is 6.03. The smallest absolute Gasteiger partial charge is 0.0655 e. The molecule has 14 heavy (non-hydrogen) atoms. The second kappa shape index (κ2) is 4.42. The van der Waals surface area contributed by atoms with Crippen molar-refractivity contribution >= 4 is 0 Å². The highest BCUT2D eigenvalue weighted by Gasteiger charge is 2.09. The first-order valence-electron chi connectivity index (χ1n) is 4.98. The summed E-state index contributed by atoms with van der Waals surface area (Å²) < 4.78 is 1.86. The number of rotatable bonds is 3. The molecule has 1 atom stereocenters. The highest BCUT2D eigenvalue weighted by atomic mass is 15.3. The third-order valence-corrected chi connectivity index (χ3v) is 2.18. The molecule has 78 valence electrons. The Morgan fingerprint density at radius 2 is 2.29 bits per heavy atom. The van der Waals surface area contributed by atoms with Gasteiger partial charge in [0.1, 0.15) is 0 Å². The van der Waals surface area contributed by atoms with Crippen molar-refractivity contribution in [2.45, 2.75) is 33.2 Å². The van der Waals surface area contributed by atoms with E-state index in [1.807, 2.05) is 11.7 Å². The molecule has 1 aromatic heterocycles. The van der Waals surface area contributed by atoms with Crippen molar-refractivity contribution in [3.8, 4) is 0 Å². The number of hydrogen-bond acceptors (Lipinski definition) is 2. The van der Waals surface area contributed by atoms with Crippen LogP contribution in [0.15, 0.2) is 17.7 Å². The van der Waals surface area contributed by atoms with Crippen molar-refractivity contribution in [3.05, 3.63) is 29.1 Å². The van der Waals surface area contributed by atoms with Crippen molar-refractivity contribution < 1.29 is 0 Å². The molecule has 0 fully saturated rings. The first-order chi connectivity index (χ1) is 6.54. The van der Waals surface area contributed by atoms with Gasteiger partial charge in [-0.2, -0.15) is 5.10 Å². The van der Waals surface area contributed by atoms with Crippen LogP contribution in [0.3, 0.4) is 0 Å². The Hall–Kier alpha value is -1.09. The van der Waals surface area contributed by atoms with E-state index in [0.29, 0.717) is 0 Å². The number of nitrogens with zero attached hydrogens (tertiary/aromatic N) is 2. The minimum atomic E-state index is -0.0437. The highest BCUT2D eigenvalue weighted by molar-refractivity contribution is 5.19. The van der Waals surface area contributed by atoms with E-state index in [1.165, 1.54) is 5.57 Å². The zero-order chi connectivity index (χ0) is 10.7. The average molecular weight is 193 g/mol. The fourth-order valence-corrected chi connectivity index (χ4v) is 1.47. The summed E-state index contributed by atoms with van der Waals surface area (Å²) >= 11 is 0. The quantitative estimate of drug-likeness (QED) is 0.746. The van der Waals surface area contributed by atoms with Crippen molar-refractivity contribution in [1.82, 2.24) is 9.78 Å². The predicted molar refractivity (Wildman–Crippen MR) is 58.9 cm³/mol. The molecular weight excluding hydrogens is 174 g/mol. The van der Waals surface area contributed by atoms with Gasteiger partial charge in [0.25, 0.3) is 0 Å². The molecule has 1 unspecified atom stereocenters. The molecule has 1 heterocycles. The van der Waals surface area contributed by atoms with Crippen molar-refractivity contribution in [1.29, 1.82) is 0 Å². The lowest BCUT2D eigenvalue weighted by Gasteiger charge is -2.07. The molecule has 0 aliphatic carbocycles. The Bertz CT molecular complexity index is 332. The van der Waals surface area contributed by atoms with Crippen molar-refractivity contribution in [2.75, 3.05) is 0 Å². The predicted octanol–water partition coefficient (Wildman–Crippen LogP) is 1.95. The van der Waals surface area contributed by atoms with Gasteiger partial charge in [-0.25, -0.2) is 0 Å². The Morgan fingerprint density at radius 3 is 2.71 bits per heavy atom. The minimum absolute atomic E-state index is 0.0437. The highest BCUT2D eigenvalue weighted by Crippen LogP contribution is 2.14. The summed E-state index contributed by atoms with van der Waals surface area (Å²) in [5.74, 6) is 0. The lowest BCUT2D eigenvalue weighted by Crippen LogP contribution is -2.12. The van der Waals surface area contributed by atoms with Gasteiger partial charge < -0.3 is 5.73 Å². The summed E-state index contributed by atoms with van der Waals surface area (Å²) in [6.45, 7) is 6.20. The minimum Gasteiger partial charge on any atom is -0.319 e. The van der Waals surface area contributed by atoms with Gasteiger partial charge in [-0.15, -0.1) is 0 Å². The fraction of sp³-hybridized carbons (Fsp3) is 0.545. The molecule has 3 nitrogen and oxygen atoms in total. The second-order valence-corrected chi connectivity index (χ2v) is 3.81. The summed E-state index contributed by atoms with van der Waals surface area (Å²) in [6, 6.07) is 2.03. The van der Waals surface area contributed by atoms with Crippen LogP contribution in [0.2, 0.25) is 0 Å². The van der Waals surface area contributed by atoms with Gasteiger partial charge in [-0.05, 0) is 26.3 Å². The maximum atomic E-state index is 6.03. The van der Waals surface area contributed by atoms with Gasteiger partial charge in [-0.1, -0.05) is 18.6 Å². The zero-order valence-corrected chi connectivity index (χ0v) is 9.41. The van der Waals surface area contributed by atoms with Crippen LogP contribution in [0.5, 0.6) is 0 Å². The largest absolute Gasteiger partial charge is 0.319 e. The number of hydrogen-bond donors (Lipinski definition) is 1. The number of aromatic nitrogens is 2. The van der Waals surface area contributed by atoms with Crippen LogP contribution in [0.4, 0.5) is 0 Å². The summed E-state index contributed by atoms with van der Waals surface area (Å²) in [5, 5.41) is 4.36. The molecule has 3 heteroatoms. The maximum Gasteiger partial charge on any atom is 0.0655 e. The van der Waals surface area contributed by atoms with E-state index >= 15 is 0 Å². The topological polar surface area (TPSA) is 43.8 Å². The van der Waals surface area contributed by atoms with Crippen LogP contribution in [-0.4, -0.2) is 9.78 Å². The Balaban J connectivity index is 2.94. The third-order valence-electron chi connectivity index (χ3n) is 2.18. The standard InChI is InChI=1S/C11H19N3/c1-5-9-7-11(14(4)13-9)10(12)6-8(2)3/h6-7,10H,5,12H2,1-4H3. The van der Waals surface area contributed by atoms with E-state index < -0.39 is 0 Å². The first kappa shape index (κ1) is 11.0. The van der Waals surface area contributed by atoms with Gasteiger partial charge in [-0.3, -0.25) is 4.68 Å². The van der Waals surface area contributed by atoms with Crippen LogP contribution in [-0.2, 0) is 13.5 Å². The average Bonchev–Trinajstić information content (AvgIpc) is 2.45. The molecule has 1 rings (SSSR count). The molecule has 0 aromatic carbocycles. The molecule has 0 saturated carbocycles. The van der Waals surface area contributed by atoms with E-state index in [0.717, 1.165) is 17.8 Å². The molecule has 0 bridgehead atoms. The van der Waals surface area contributed by atoms with Crippen molar-refractivity contribution in [3.63, 3.8) is 0 Å². The molecule has 0 aliphatic heterocycles. The lowest BCUT2D eigenvalue weighted by atomic mass is 10.1. The fourth-order valence-electron chi connectivity index (χ4n) is 1.47. The zero-order valence-electron chi connectivity index (χ0n) is 9.41. The first-order valence-corrected chi connectivity index (χ1v) is 4.98. The normalized spacial score (nSPS) is 12.6. The number of aryl methyl sites for hydroxylation is 2. The van der Waals surface area contributed by atoms with Crippen LogP contribution >= 0.6 is 0 Å². The van der Waals surface area contributed by atoms with E-state index in [-0.39, 0.29) is 6.04 Å². The Morgan fingerprint density at radius 1 is 1.64 bits per heavy atom. The van der Waals surface area contributed by atoms with E-state index in [1.54, 1.807) is 0 Å². The molecule has 0 spiro atoms. The number of nitrogens with two attached hydrogens (primary N) is 1. The summed E-state index contributed by atoms with van der Waals surface area (Å²) in [6.07, 6.45) is 3.01. The van der Waals surface area contributed by atoms with Gasteiger partial charge in [0.2, 0.25) is 0 Å². The SMILES string of the molecule is CCc1cc(C(N)C=C(C)C)n(C)n1. The van der Waals surface area contributed by atoms with E-state index in [4.69, 9.17) is 5.73 Å². The molecule has 0 aliphatic rings. The monoisotopic (exact) mass is 193 g/mol. The summed E-state index contributed by atoms with van der Waals surface area (Å²) in [7, 11) is 1.94. The van der Waals surface area contributed by atoms with Crippen LogP contribution in [0.1, 0.15) is 38.2 Å². The molecule has 0 radical (unpaired) electrons. The van der Waals surface area contributed by atoms with Gasteiger partial charge in [0.05, 0.1) is 17.4 Å². The van der Waals surface area contributed by atoms with Gasteiger partial charge >= 0.3 is 0 Å². The van der Waals surface area contributed by atoms with Crippen molar-refractivity contribution in [2.24, 2.45) is 12.8 Å². The van der Waals surface area contributed by atoms with Crippen LogP contribution in [0, 0.1) is 0 Å². The molecule has 1 aromatic rings.